The lowest BCUT2D eigenvalue weighted by Crippen LogP contribution is -2.60. The van der Waals surface area contributed by atoms with Crippen molar-refractivity contribution >= 4 is 29.3 Å². The highest BCUT2D eigenvalue weighted by Gasteiger charge is 2.60. The normalized spacial score (nSPS) is 20.6. The fourth-order valence-corrected chi connectivity index (χ4v) is 5.70. The minimum absolute atomic E-state index is 0.0207. The lowest BCUT2D eigenvalue weighted by molar-refractivity contribution is -0.308. The SMILES string of the molecule is CC(=O)N1CCN(c2cccc(Cl)c2CN2CC3(CCN(C(=O)OC(C(F)(F)F)C(F)(F)F)CC3)C2)CC1. The molecule has 2 amide bonds. The predicted octanol–water partition coefficient (Wildman–Crippen LogP) is 4.54. The molecule has 212 valence electrons. The topological polar surface area (TPSA) is 56.3 Å². The van der Waals surface area contributed by atoms with E-state index in [1.165, 1.54) is 0 Å². The number of rotatable bonds is 4. The van der Waals surface area contributed by atoms with Gasteiger partial charge in [-0.1, -0.05) is 17.7 Å². The quantitative estimate of drug-likeness (QED) is 0.498. The molecule has 0 radical (unpaired) electrons. The zero-order valence-electron chi connectivity index (χ0n) is 20.7. The van der Waals surface area contributed by atoms with E-state index in [9.17, 15) is 35.9 Å². The van der Waals surface area contributed by atoms with Crippen LogP contribution in [0.2, 0.25) is 5.02 Å². The Balaban J connectivity index is 1.31. The van der Waals surface area contributed by atoms with Crippen LogP contribution >= 0.6 is 11.6 Å². The van der Waals surface area contributed by atoms with Crippen molar-refractivity contribution < 1.29 is 40.7 Å². The summed E-state index contributed by atoms with van der Waals surface area (Å²) in [6.45, 7) is 6.14. The van der Waals surface area contributed by atoms with E-state index >= 15 is 0 Å². The molecule has 38 heavy (non-hydrogen) atoms. The van der Waals surface area contributed by atoms with Gasteiger partial charge in [-0.3, -0.25) is 9.69 Å². The summed E-state index contributed by atoms with van der Waals surface area (Å²) in [5, 5.41) is 0.624. The van der Waals surface area contributed by atoms with Gasteiger partial charge in [0.1, 0.15) is 0 Å². The third kappa shape index (κ3) is 6.24. The Morgan fingerprint density at radius 2 is 1.53 bits per heavy atom. The van der Waals surface area contributed by atoms with Crippen LogP contribution in [0.4, 0.5) is 36.8 Å². The van der Waals surface area contributed by atoms with Crippen LogP contribution in [0.5, 0.6) is 0 Å². The maximum atomic E-state index is 12.7. The van der Waals surface area contributed by atoms with Crippen molar-refractivity contribution in [3.63, 3.8) is 0 Å². The number of piperazine rings is 1. The monoisotopic (exact) mass is 570 g/mol. The van der Waals surface area contributed by atoms with Gasteiger partial charge < -0.3 is 19.4 Å². The first-order valence-corrected chi connectivity index (χ1v) is 12.7. The van der Waals surface area contributed by atoms with Gasteiger partial charge in [-0.05, 0) is 30.4 Å². The van der Waals surface area contributed by atoms with Crippen molar-refractivity contribution in [2.45, 2.75) is 44.8 Å². The fourth-order valence-electron chi connectivity index (χ4n) is 5.47. The molecule has 0 atom stereocenters. The van der Waals surface area contributed by atoms with Crippen molar-refractivity contribution in [1.29, 1.82) is 0 Å². The zero-order valence-corrected chi connectivity index (χ0v) is 21.5. The van der Waals surface area contributed by atoms with Crippen molar-refractivity contribution in [2.24, 2.45) is 5.41 Å². The van der Waals surface area contributed by atoms with Gasteiger partial charge in [0.05, 0.1) is 0 Å². The first-order valence-electron chi connectivity index (χ1n) is 12.3. The highest BCUT2D eigenvalue weighted by Crippen LogP contribution is 2.43. The van der Waals surface area contributed by atoms with Crippen molar-refractivity contribution in [1.82, 2.24) is 14.7 Å². The minimum Gasteiger partial charge on any atom is -0.426 e. The second-order valence-corrected chi connectivity index (χ2v) is 10.6. The zero-order chi connectivity index (χ0) is 27.9. The fraction of sp³-hybridized carbons (Fsp3) is 0.667. The Morgan fingerprint density at radius 1 is 0.947 bits per heavy atom. The van der Waals surface area contributed by atoms with Crippen LogP contribution < -0.4 is 4.90 Å². The second-order valence-electron chi connectivity index (χ2n) is 10.2. The number of hydrogen-bond acceptors (Lipinski definition) is 5. The van der Waals surface area contributed by atoms with E-state index in [0.29, 0.717) is 63.7 Å². The molecule has 14 heteroatoms. The number of nitrogens with zero attached hydrogens (tertiary/aromatic N) is 4. The molecule has 0 aliphatic carbocycles. The van der Waals surface area contributed by atoms with E-state index in [-0.39, 0.29) is 24.4 Å². The van der Waals surface area contributed by atoms with E-state index in [4.69, 9.17) is 11.6 Å². The van der Waals surface area contributed by atoms with Gasteiger partial charge in [-0.2, -0.15) is 26.3 Å². The summed E-state index contributed by atoms with van der Waals surface area (Å²) in [5.74, 6) is 0.0432. The number of anilines is 1. The Kier molecular flexibility index (Phi) is 8.00. The molecule has 3 aliphatic heterocycles. The molecule has 3 fully saturated rings. The van der Waals surface area contributed by atoms with E-state index in [2.05, 4.69) is 14.5 Å². The summed E-state index contributed by atoms with van der Waals surface area (Å²) in [6, 6.07) is 5.70. The van der Waals surface area contributed by atoms with E-state index in [1.54, 1.807) is 11.8 Å². The maximum Gasteiger partial charge on any atom is 0.434 e. The number of halogens is 7. The number of likely N-dealkylation sites (tertiary alicyclic amines) is 2. The molecule has 3 aliphatic rings. The van der Waals surface area contributed by atoms with Gasteiger partial charge in [-0.25, -0.2) is 4.79 Å². The lowest BCUT2D eigenvalue weighted by Gasteiger charge is -2.54. The number of benzene rings is 1. The van der Waals surface area contributed by atoms with E-state index in [0.717, 1.165) is 16.2 Å². The number of alkyl halides is 6. The molecule has 0 unspecified atom stereocenters. The van der Waals surface area contributed by atoms with Gasteiger partial charge >= 0.3 is 18.4 Å². The molecule has 7 nitrogen and oxygen atoms in total. The average molecular weight is 571 g/mol. The number of carbonyl (C=O) groups excluding carboxylic acids is 2. The predicted molar refractivity (Wildman–Crippen MR) is 127 cm³/mol. The lowest BCUT2D eigenvalue weighted by atomic mass is 9.72. The summed E-state index contributed by atoms with van der Waals surface area (Å²) in [6.07, 6.45) is -16.3. The second kappa shape index (κ2) is 10.6. The standard InChI is InChI=1S/C24H29ClF6N4O3/c1-16(36)33-9-11-34(12-10-33)19-4-2-3-18(25)17(19)13-32-14-22(15-32)5-7-35(8-6-22)21(37)38-20(23(26,27)28)24(29,30)31/h2-4,20H,5-15H2,1H3. The largest absolute Gasteiger partial charge is 0.434 e. The van der Waals surface area contributed by atoms with Gasteiger partial charge in [0.2, 0.25) is 5.91 Å². The smallest absolute Gasteiger partial charge is 0.426 e. The van der Waals surface area contributed by atoms with Crippen molar-refractivity contribution in [2.75, 3.05) is 57.3 Å². The molecule has 1 aromatic rings. The number of ether oxygens (including phenoxy) is 1. The van der Waals surface area contributed by atoms with Crippen LogP contribution in [0.3, 0.4) is 0 Å². The average Bonchev–Trinajstić information content (AvgIpc) is 2.81. The molecule has 0 aromatic heterocycles. The van der Waals surface area contributed by atoms with Crippen molar-refractivity contribution in [3.8, 4) is 0 Å². The first kappa shape index (κ1) is 28.6. The molecule has 3 saturated heterocycles. The minimum atomic E-state index is -5.74. The molecule has 4 rings (SSSR count). The molecule has 0 bridgehead atoms. The summed E-state index contributed by atoms with van der Waals surface area (Å²) < 4.78 is 80.2. The Morgan fingerprint density at radius 3 is 2.05 bits per heavy atom. The van der Waals surface area contributed by atoms with Crippen LogP contribution in [0, 0.1) is 5.41 Å². The molecular formula is C24H29ClF6N4O3. The van der Waals surface area contributed by atoms with Crippen LogP contribution in [0.15, 0.2) is 18.2 Å². The number of piperidine rings is 1. The van der Waals surface area contributed by atoms with E-state index < -0.39 is 24.5 Å². The molecular weight excluding hydrogens is 542 g/mol. The summed E-state index contributed by atoms with van der Waals surface area (Å²) in [7, 11) is 0. The van der Waals surface area contributed by atoms with Gasteiger partial charge in [-0.15, -0.1) is 0 Å². The van der Waals surface area contributed by atoms with Crippen LogP contribution in [-0.4, -0.2) is 97.5 Å². The molecule has 3 heterocycles. The Bertz CT molecular complexity index is 1010. The van der Waals surface area contributed by atoms with Crippen LogP contribution in [-0.2, 0) is 16.1 Å². The van der Waals surface area contributed by atoms with Crippen molar-refractivity contribution in [3.05, 3.63) is 28.8 Å². The highest BCUT2D eigenvalue weighted by molar-refractivity contribution is 6.31. The highest BCUT2D eigenvalue weighted by atomic mass is 35.5. The Hall–Kier alpha value is -2.41. The summed E-state index contributed by atoms with van der Waals surface area (Å²) in [5.41, 5.74) is 1.80. The molecule has 1 spiro atoms. The first-order chi connectivity index (χ1) is 17.7. The number of amides is 2. The summed E-state index contributed by atoms with van der Waals surface area (Å²) >= 11 is 6.55. The van der Waals surface area contributed by atoms with Crippen LogP contribution in [0.25, 0.3) is 0 Å². The molecule has 1 aromatic carbocycles. The van der Waals surface area contributed by atoms with E-state index in [1.807, 2.05) is 18.2 Å². The van der Waals surface area contributed by atoms with Crippen LogP contribution in [0.1, 0.15) is 25.3 Å². The molecule has 0 saturated carbocycles. The third-order valence-corrected chi connectivity index (χ3v) is 7.91. The Labute approximate surface area is 221 Å². The maximum absolute atomic E-state index is 12.7. The third-order valence-electron chi connectivity index (χ3n) is 7.56. The van der Waals surface area contributed by atoms with Gasteiger partial charge in [0.25, 0.3) is 6.10 Å². The van der Waals surface area contributed by atoms with Gasteiger partial charge in [0.15, 0.2) is 0 Å². The number of hydrogen-bond donors (Lipinski definition) is 0. The summed E-state index contributed by atoms with van der Waals surface area (Å²) in [4.78, 5) is 30.8. The van der Waals surface area contributed by atoms with Gasteiger partial charge in [0, 0.05) is 82.1 Å². The number of carbonyl (C=O) groups is 2. The molecule has 0 N–H and O–H groups in total.